The molecular formula is C21H21N3O4S. The molecule has 29 heavy (non-hydrogen) atoms. The summed E-state index contributed by atoms with van der Waals surface area (Å²) in [7, 11) is 1.57. The average Bonchev–Trinajstić information content (AvgIpc) is 2.77. The predicted octanol–water partition coefficient (Wildman–Crippen LogP) is 2.34. The number of ether oxygens (including phenoxy) is 1. The standard InChI is InChI=1S/C21H21N3O4S/c1-28-16-4-2-3-14(11-16)20(26)23-7-9-24(10-8-23)21(27)15-5-6-18-17(12-15)22-19(25)13-29-18/h2-6,11-12H,7-10,13H2,1H3,(H,22,25). The summed E-state index contributed by atoms with van der Waals surface area (Å²) >= 11 is 1.47. The third kappa shape index (κ3) is 4.07. The number of carbonyl (C=O) groups excluding carboxylic acids is 3. The van der Waals surface area contributed by atoms with E-state index in [2.05, 4.69) is 5.32 Å². The summed E-state index contributed by atoms with van der Waals surface area (Å²) in [6.07, 6.45) is 0. The van der Waals surface area contributed by atoms with Crippen molar-refractivity contribution >= 4 is 35.2 Å². The smallest absolute Gasteiger partial charge is 0.254 e. The van der Waals surface area contributed by atoms with Crippen LogP contribution in [-0.2, 0) is 4.79 Å². The van der Waals surface area contributed by atoms with Crippen molar-refractivity contribution in [1.29, 1.82) is 0 Å². The summed E-state index contributed by atoms with van der Waals surface area (Å²) in [5.41, 5.74) is 1.80. The van der Waals surface area contributed by atoms with Gasteiger partial charge in [0, 0.05) is 42.2 Å². The van der Waals surface area contributed by atoms with Crippen molar-refractivity contribution in [1.82, 2.24) is 9.80 Å². The topological polar surface area (TPSA) is 79.0 Å². The van der Waals surface area contributed by atoms with Gasteiger partial charge in [0.2, 0.25) is 5.91 Å². The minimum Gasteiger partial charge on any atom is -0.497 e. The minimum absolute atomic E-state index is 0.0585. The molecule has 2 heterocycles. The number of anilines is 1. The largest absolute Gasteiger partial charge is 0.497 e. The number of benzene rings is 2. The molecular weight excluding hydrogens is 390 g/mol. The van der Waals surface area contributed by atoms with Gasteiger partial charge in [0.1, 0.15) is 5.75 Å². The normalized spacial score (nSPS) is 16.1. The van der Waals surface area contributed by atoms with Crippen LogP contribution < -0.4 is 10.1 Å². The molecule has 4 rings (SSSR count). The summed E-state index contributed by atoms with van der Waals surface area (Å²) in [6, 6.07) is 12.5. The Bertz CT molecular complexity index is 970. The quantitative estimate of drug-likeness (QED) is 0.839. The van der Waals surface area contributed by atoms with Gasteiger partial charge in [0.05, 0.1) is 18.6 Å². The van der Waals surface area contributed by atoms with E-state index in [4.69, 9.17) is 4.74 Å². The Morgan fingerprint density at radius 3 is 2.28 bits per heavy atom. The Hall–Kier alpha value is -3.00. The number of nitrogens with one attached hydrogen (secondary N) is 1. The van der Waals surface area contributed by atoms with E-state index in [9.17, 15) is 14.4 Å². The highest BCUT2D eigenvalue weighted by Gasteiger charge is 2.26. The molecule has 1 fully saturated rings. The molecule has 3 amide bonds. The molecule has 0 spiro atoms. The van der Waals surface area contributed by atoms with E-state index in [1.165, 1.54) is 11.8 Å². The Kier molecular flexibility index (Phi) is 5.44. The van der Waals surface area contributed by atoms with E-state index in [0.717, 1.165) is 4.90 Å². The van der Waals surface area contributed by atoms with Gasteiger partial charge in [-0.05, 0) is 36.4 Å². The first-order valence-electron chi connectivity index (χ1n) is 9.34. The Labute approximate surface area is 173 Å². The number of carbonyl (C=O) groups is 3. The number of hydrogen-bond donors (Lipinski definition) is 1. The van der Waals surface area contributed by atoms with Gasteiger partial charge in [-0.15, -0.1) is 11.8 Å². The molecule has 2 aliphatic rings. The minimum atomic E-state index is -0.0916. The maximum Gasteiger partial charge on any atom is 0.254 e. The molecule has 2 aliphatic heterocycles. The molecule has 1 N–H and O–H groups in total. The molecule has 7 nitrogen and oxygen atoms in total. The van der Waals surface area contributed by atoms with Crippen LogP contribution in [0.1, 0.15) is 20.7 Å². The van der Waals surface area contributed by atoms with Crippen molar-refractivity contribution in [2.24, 2.45) is 0 Å². The summed E-state index contributed by atoms with van der Waals surface area (Å²) < 4.78 is 5.18. The number of rotatable bonds is 3. The van der Waals surface area contributed by atoms with Crippen molar-refractivity contribution in [3.05, 3.63) is 53.6 Å². The maximum atomic E-state index is 12.9. The van der Waals surface area contributed by atoms with Crippen molar-refractivity contribution in [2.75, 3.05) is 44.4 Å². The van der Waals surface area contributed by atoms with E-state index >= 15 is 0 Å². The van der Waals surface area contributed by atoms with Crippen LogP contribution in [0, 0.1) is 0 Å². The number of hydrogen-bond acceptors (Lipinski definition) is 5. The third-order valence-electron chi connectivity index (χ3n) is 5.03. The first-order valence-corrected chi connectivity index (χ1v) is 10.3. The van der Waals surface area contributed by atoms with Gasteiger partial charge in [-0.1, -0.05) is 6.07 Å². The van der Waals surface area contributed by atoms with Crippen LogP contribution in [-0.4, -0.2) is 66.6 Å². The predicted molar refractivity (Wildman–Crippen MR) is 111 cm³/mol. The summed E-state index contributed by atoms with van der Waals surface area (Å²) in [5, 5.41) is 2.81. The number of methoxy groups -OCH3 is 1. The van der Waals surface area contributed by atoms with Gasteiger partial charge in [-0.2, -0.15) is 0 Å². The summed E-state index contributed by atoms with van der Waals surface area (Å²) in [4.78, 5) is 41.7. The zero-order valence-corrected chi connectivity index (χ0v) is 16.8. The third-order valence-corrected chi connectivity index (χ3v) is 6.10. The van der Waals surface area contributed by atoms with E-state index in [0.29, 0.717) is 54.5 Å². The van der Waals surface area contributed by atoms with Crippen LogP contribution in [0.5, 0.6) is 5.75 Å². The van der Waals surface area contributed by atoms with E-state index < -0.39 is 0 Å². The highest BCUT2D eigenvalue weighted by atomic mass is 32.2. The second-order valence-corrected chi connectivity index (χ2v) is 7.88. The molecule has 0 radical (unpaired) electrons. The molecule has 0 aliphatic carbocycles. The van der Waals surface area contributed by atoms with E-state index in [1.807, 2.05) is 6.07 Å². The van der Waals surface area contributed by atoms with Crippen molar-refractivity contribution in [3.8, 4) is 5.75 Å². The molecule has 2 aromatic carbocycles. The van der Waals surface area contributed by atoms with Gasteiger partial charge in [0.15, 0.2) is 0 Å². The average molecular weight is 411 g/mol. The van der Waals surface area contributed by atoms with Gasteiger partial charge >= 0.3 is 0 Å². The zero-order valence-electron chi connectivity index (χ0n) is 16.0. The Morgan fingerprint density at radius 1 is 0.966 bits per heavy atom. The molecule has 2 aromatic rings. The van der Waals surface area contributed by atoms with Crippen LogP contribution >= 0.6 is 11.8 Å². The molecule has 0 unspecified atom stereocenters. The van der Waals surface area contributed by atoms with Crippen LogP contribution in [0.15, 0.2) is 47.4 Å². The highest BCUT2D eigenvalue weighted by molar-refractivity contribution is 8.00. The fraction of sp³-hybridized carbons (Fsp3) is 0.286. The van der Waals surface area contributed by atoms with Gasteiger partial charge in [0.25, 0.3) is 11.8 Å². The first-order chi connectivity index (χ1) is 14.0. The van der Waals surface area contributed by atoms with E-state index in [-0.39, 0.29) is 17.7 Å². The number of piperazine rings is 1. The second-order valence-electron chi connectivity index (χ2n) is 6.86. The molecule has 8 heteroatoms. The van der Waals surface area contributed by atoms with E-state index in [1.54, 1.807) is 53.3 Å². The van der Waals surface area contributed by atoms with Crippen LogP contribution in [0.4, 0.5) is 5.69 Å². The number of nitrogens with zero attached hydrogens (tertiary/aromatic N) is 2. The molecule has 0 atom stereocenters. The summed E-state index contributed by atoms with van der Waals surface area (Å²) in [5.74, 6) is 0.818. The lowest BCUT2D eigenvalue weighted by molar-refractivity contribution is -0.113. The fourth-order valence-electron chi connectivity index (χ4n) is 3.45. The van der Waals surface area contributed by atoms with Crippen molar-refractivity contribution < 1.29 is 19.1 Å². The van der Waals surface area contributed by atoms with Crippen LogP contribution in [0.25, 0.3) is 0 Å². The number of fused-ring (bicyclic) bond motifs is 1. The highest BCUT2D eigenvalue weighted by Crippen LogP contribution is 2.32. The maximum absolute atomic E-state index is 12.9. The lowest BCUT2D eigenvalue weighted by Gasteiger charge is -2.35. The number of thioether (sulfide) groups is 1. The lowest BCUT2D eigenvalue weighted by Crippen LogP contribution is -2.50. The van der Waals surface area contributed by atoms with Gasteiger partial charge < -0.3 is 19.9 Å². The molecule has 0 saturated carbocycles. The lowest BCUT2D eigenvalue weighted by atomic mass is 10.1. The molecule has 0 bridgehead atoms. The Balaban J connectivity index is 1.40. The van der Waals surface area contributed by atoms with Crippen molar-refractivity contribution in [3.63, 3.8) is 0 Å². The van der Waals surface area contributed by atoms with Crippen LogP contribution in [0.3, 0.4) is 0 Å². The monoisotopic (exact) mass is 411 g/mol. The summed E-state index contributed by atoms with van der Waals surface area (Å²) in [6.45, 7) is 1.87. The zero-order chi connectivity index (χ0) is 20.4. The molecule has 0 aromatic heterocycles. The SMILES string of the molecule is COc1cccc(C(=O)N2CCN(C(=O)c3ccc4c(c3)NC(=O)CS4)CC2)c1. The fourth-order valence-corrected chi connectivity index (χ4v) is 4.24. The van der Waals surface area contributed by atoms with Crippen LogP contribution in [0.2, 0.25) is 0 Å². The first kappa shape index (κ1) is 19.3. The van der Waals surface area contributed by atoms with Gasteiger partial charge in [-0.3, -0.25) is 14.4 Å². The van der Waals surface area contributed by atoms with Crippen molar-refractivity contribution in [2.45, 2.75) is 4.90 Å². The molecule has 150 valence electrons. The Morgan fingerprint density at radius 2 is 1.62 bits per heavy atom. The molecule has 1 saturated heterocycles. The number of amides is 3. The van der Waals surface area contributed by atoms with Gasteiger partial charge in [-0.25, -0.2) is 0 Å². The second kappa shape index (κ2) is 8.16.